The summed E-state index contributed by atoms with van der Waals surface area (Å²) >= 11 is 0. The molecule has 1 aliphatic rings. The molecular formula is C29H29N3O9. The standard InChI is InChI=1S/C29H29N3O9/c1-32(20-5-3-11-30-14-19(20)31-27(38)15-7-9-17(33)10-8-15)28(39)16-12-22(35)25(23(36)13-16)26(37)24-18(29(40)41)4-2-6-21(24)34/h2,4,6-10,12-13,19-20,30,33-36H,3,5,11,14H2,1H3,(H,31,38)(H,40,41)/t19-,20-/m1/s1. The molecule has 3 aromatic rings. The number of carbonyl (C=O) groups is 4. The Morgan fingerprint density at radius 2 is 1.54 bits per heavy atom. The van der Waals surface area contributed by atoms with Crippen LogP contribution >= 0.6 is 0 Å². The second-order valence-electron chi connectivity index (χ2n) is 9.68. The van der Waals surface area contributed by atoms with Crippen molar-refractivity contribution in [3.63, 3.8) is 0 Å². The molecule has 0 radical (unpaired) electrons. The van der Waals surface area contributed by atoms with Crippen molar-refractivity contribution in [2.24, 2.45) is 0 Å². The highest BCUT2D eigenvalue weighted by atomic mass is 16.4. The first-order valence-electron chi connectivity index (χ1n) is 12.7. The molecule has 1 saturated heterocycles. The molecule has 0 saturated carbocycles. The van der Waals surface area contributed by atoms with Crippen molar-refractivity contribution in [1.29, 1.82) is 0 Å². The molecule has 0 aromatic heterocycles. The lowest BCUT2D eigenvalue weighted by Crippen LogP contribution is -2.54. The quantitative estimate of drug-likeness (QED) is 0.209. The highest BCUT2D eigenvalue weighted by Crippen LogP contribution is 2.35. The molecule has 0 spiro atoms. The van der Waals surface area contributed by atoms with Gasteiger partial charge in [0.25, 0.3) is 11.8 Å². The fraction of sp³-hybridized carbons (Fsp3) is 0.241. The fourth-order valence-electron chi connectivity index (χ4n) is 4.91. The summed E-state index contributed by atoms with van der Waals surface area (Å²) in [6.45, 7) is 1.02. The topological polar surface area (TPSA) is 197 Å². The lowest BCUT2D eigenvalue weighted by Gasteiger charge is -2.34. The van der Waals surface area contributed by atoms with Crippen LogP contribution in [0.25, 0.3) is 0 Å². The summed E-state index contributed by atoms with van der Waals surface area (Å²) < 4.78 is 0. The molecule has 214 valence electrons. The van der Waals surface area contributed by atoms with E-state index in [0.717, 1.165) is 24.3 Å². The maximum atomic E-state index is 13.5. The van der Waals surface area contributed by atoms with Gasteiger partial charge in [0.05, 0.1) is 23.2 Å². The fourth-order valence-corrected chi connectivity index (χ4v) is 4.91. The number of likely N-dealkylation sites (N-methyl/N-ethyl adjacent to an activating group) is 1. The van der Waals surface area contributed by atoms with Crippen molar-refractivity contribution < 1.29 is 44.7 Å². The number of nitrogens with one attached hydrogen (secondary N) is 2. The average molecular weight is 564 g/mol. The van der Waals surface area contributed by atoms with Crippen LogP contribution in [0.1, 0.15) is 59.8 Å². The van der Waals surface area contributed by atoms with E-state index in [1.54, 1.807) is 0 Å². The third kappa shape index (κ3) is 6.07. The maximum Gasteiger partial charge on any atom is 0.336 e. The van der Waals surface area contributed by atoms with Gasteiger partial charge in [0.2, 0.25) is 5.78 Å². The first-order chi connectivity index (χ1) is 19.5. The number of aromatic hydroxyl groups is 4. The van der Waals surface area contributed by atoms with E-state index in [2.05, 4.69) is 10.6 Å². The first-order valence-corrected chi connectivity index (χ1v) is 12.7. The molecule has 4 rings (SSSR count). The van der Waals surface area contributed by atoms with Gasteiger partial charge in [0.1, 0.15) is 28.6 Å². The second-order valence-corrected chi connectivity index (χ2v) is 9.68. The molecule has 3 aromatic carbocycles. The van der Waals surface area contributed by atoms with E-state index in [4.69, 9.17) is 0 Å². The largest absolute Gasteiger partial charge is 0.508 e. The van der Waals surface area contributed by atoms with Crippen LogP contribution in [0, 0.1) is 0 Å². The van der Waals surface area contributed by atoms with Crippen molar-refractivity contribution in [2.75, 3.05) is 20.1 Å². The predicted octanol–water partition coefficient (Wildman–Crippen LogP) is 2.06. The molecule has 7 N–H and O–H groups in total. The summed E-state index contributed by atoms with van der Waals surface area (Å²) in [6, 6.07) is 10.1. The van der Waals surface area contributed by atoms with E-state index in [0.29, 0.717) is 31.5 Å². The van der Waals surface area contributed by atoms with E-state index in [1.807, 2.05) is 0 Å². The molecule has 0 aliphatic carbocycles. The first kappa shape index (κ1) is 28.9. The molecule has 1 aliphatic heterocycles. The van der Waals surface area contributed by atoms with Crippen molar-refractivity contribution >= 4 is 23.6 Å². The van der Waals surface area contributed by atoms with Crippen molar-refractivity contribution in [3.05, 3.63) is 82.4 Å². The molecule has 1 heterocycles. The molecule has 2 amide bonds. The Bertz CT molecular complexity index is 1480. The minimum Gasteiger partial charge on any atom is -0.508 e. The van der Waals surface area contributed by atoms with Crippen LogP contribution in [-0.2, 0) is 0 Å². The lowest BCUT2D eigenvalue weighted by molar-refractivity contribution is 0.0669. The molecule has 41 heavy (non-hydrogen) atoms. The van der Waals surface area contributed by atoms with Gasteiger partial charge in [-0.3, -0.25) is 14.4 Å². The minimum atomic E-state index is -1.50. The smallest absolute Gasteiger partial charge is 0.336 e. The zero-order chi connectivity index (χ0) is 29.8. The number of carbonyl (C=O) groups excluding carboxylic acids is 3. The van der Waals surface area contributed by atoms with Gasteiger partial charge in [0, 0.05) is 24.7 Å². The predicted molar refractivity (Wildman–Crippen MR) is 146 cm³/mol. The van der Waals surface area contributed by atoms with Gasteiger partial charge in [-0.1, -0.05) is 6.07 Å². The molecule has 0 bridgehead atoms. The maximum absolute atomic E-state index is 13.5. The van der Waals surface area contributed by atoms with Crippen LogP contribution in [0.3, 0.4) is 0 Å². The number of amides is 2. The number of hydrogen-bond acceptors (Lipinski definition) is 9. The highest BCUT2D eigenvalue weighted by molar-refractivity contribution is 6.18. The Morgan fingerprint density at radius 3 is 2.17 bits per heavy atom. The number of carboxylic acids is 1. The van der Waals surface area contributed by atoms with E-state index in [1.165, 1.54) is 42.3 Å². The van der Waals surface area contributed by atoms with Gasteiger partial charge >= 0.3 is 5.97 Å². The van der Waals surface area contributed by atoms with E-state index >= 15 is 0 Å². The summed E-state index contributed by atoms with van der Waals surface area (Å²) in [4.78, 5) is 52.4. The number of benzene rings is 3. The zero-order valence-corrected chi connectivity index (χ0v) is 22.0. The van der Waals surface area contributed by atoms with Crippen LogP contribution in [0.5, 0.6) is 23.0 Å². The molecule has 1 fully saturated rings. The van der Waals surface area contributed by atoms with Crippen LogP contribution in [0.2, 0.25) is 0 Å². The number of aromatic carboxylic acids is 1. The Kier molecular flexibility index (Phi) is 8.43. The zero-order valence-electron chi connectivity index (χ0n) is 22.0. The van der Waals surface area contributed by atoms with Gasteiger partial charge in [-0.2, -0.15) is 0 Å². The summed E-state index contributed by atoms with van der Waals surface area (Å²) in [6.07, 6.45) is 1.22. The SMILES string of the molecule is CN(C(=O)c1cc(O)c(C(=O)c2c(O)cccc2C(=O)O)c(O)c1)[C@@H]1CCCNC[C@H]1NC(=O)c1ccc(O)cc1. The second kappa shape index (κ2) is 12.0. The number of rotatable bonds is 7. The Hall–Kier alpha value is -5.10. The van der Waals surface area contributed by atoms with Crippen molar-refractivity contribution in [3.8, 4) is 23.0 Å². The van der Waals surface area contributed by atoms with Crippen molar-refractivity contribution in [1.82, 2.24) is 15.5 Å². The summed E-state index contributed by atoms with van der Waals surface area (Å²) in [5.74, 6) is -5.86. The third-order valence-electron chi connectivity index (χ3n) is 7.02. The third-order valence-corrected chi connectivity index (χ3v) is 7.02. The monoisotopic (exact) mass is 563 g/mol. The number of ketones is 1. The van der Waals surface area contributed by atoms with Crippen LogP contribution in [0.4, 0.5) is 0 Å². The van der Waals surface area contributed by atoms with Gasteiger partial charge in [0.15, 0.2) is 0 Å². The highest BCUT2D eigenvalue weighted by Gasteiger charge is 2.33. The van der Waals surface area contributed by atoms with Gasteiger partial charge < -0.3 is 41.1 Å². The number of nitrogens with zero attached hydrogens (tertiary/aromatic N) is 1. The van der Waals surface area contributed by atoms with Crippen LogP contribution < -0.4 is 10.6 Å². The Labute approximate surface area is 234 Å². The van der Waals surface area contributed by atoms with E-state index < -0.39 is 69.6 Å². The lowest BCUT2D eigenvalue weighted by atomic mass is 9.94. The Morgan fingerprint density at radius 1 is 0.878 bits per heavy atom. The molecule has 2 atom stereocenters. The van der Waals surface area contributed by atoms with Gasteiger partial charge in [-0.15, -0.1) is 0 Å². The summed E-state index contributed by atoms with van der Waals surface area (Å²) in [7, 11) is 1.52. The number of hydrogen-bond donors (Lipinski definition) is 7. The molecular weight excluding hydrogens is 534 g/mol. The number of phenols is 4. The minimum absolute atomic E-state index is 0.0167. The van der Waals surface area contributed by atoms with E-state index in [9.17, 15) is 44.7 Å². The van der Waals surface area contributed by atoms with Crippen LogP contribution in [0.15, 0.2) is 54.6 Å². The van der Waals surface area contributed by atoms with Gasteiger partial charge in [-0.05, 0) is 67.9 Å². The molecule has 0 unspecified atom stereocenters. The molecule has 12 nitrogen and oxygen atoms in total. The number of carboxylic acid groups (broad SMARTS) is 1. The van der Waals surface area contributed by atoms with Gasteiger partial charge in [-0.25, -0.2) is 4.79 Å². The molecule has 12 heteroatoms. The van der Waals surface area contributed by atoms with Crippen molar-refractivity contribution in [2.45, 2.75) is 24.9 Å². The van der Waals surface area contributed by atoms with E-state index in [-0.39, 0.29) is 11.3 Å². The number of phenolic OH excluding ortho intramolecular Hbond substituents is 4. The average Bonchev–Trinajstić information content (AvgIpc) is 3.17. The Balaban J connectivity index is 1.60. The normalized spacial score (nSPS) is 16.8. The summed E-state index contributed by atoms with van der Waals surface area (Å²) in [5, 5.41) is 56.5. The summed E-state index contributed by atoms with van der Waals surface area (Å²) in [5.41, 5.74) is -1.66. The van der Waals surface area contributed by atoms with Crippen LogP contribution in [-0.4, -0.2) is 86.2 Å².